The highest BCUT2D eigenvalue weighted by molar-refractivity contribution is 6.12. The number of aryl methyl sites for hydroxylation is 3. The second-order valence-electron chi connectivity index (χ2n) is 7.04. The summed E-state index contributed by atoms with van der Waals surface area (Å²) in [6.07, 6.45) is 5.60. The van der Waals surface area contributed by atoms with Gasteiger partial charge in [-0.05, 0) is 30.2 Å². The molecule has 0 saturated carbocycles. The Morgan fingerprint density at radius 1 is 1.07 bits per heavy atom. The molecule has 1 N–H and O–H groups in total. The second-order valence-corrected chi connectivity index (χ2v) is 7.04. The third kappa shape index (κ3) is 3.96. The normalized spacial score (nSPS) is 10.9. The van der Waals surface area contributed by atoms with E-state index >= 15 is 0 Å². The van der Waals surface area contributed by atoms with Gasteiger partial charge in [-0.25, -0.2) is 0 Å². The number of ether oxygens (including phenoxy) is 1. The first-order valence-electron chi connectivity index (χ1n) is 9.60. The number of pyridine rings is 1. The Labute approximate surface area is 173 Å². The van der Waals surface area contributed by atoms with Crippen molar-refractivity contribution in [1.82, 2.24) is 14.3 Å². The number of nitrogens with zero attached hydrogens (tertiary/aromatic N) is 3. The van der Waals surface area contributed by atoms with Crippen molar-refractivity contribution in [3.05, 3.63) is 88.6 Å². The van der Waals surface area contributed by atoms with E-state index in [0.717, 1.165) is 11.3 Å². The molecule has 0 fully saturated rings. The number of nitrogens with one attached hydrogen (secondary N) is 1. The van der Waals surface area contributed by atoms with E-state index in [1.54, 1.807) is 60.2 Å². The van der Waals surface area contributed by atoms with Crippen LogP contribution in [0, 0.1) is 0 Å². The molecule has 0 bridgehead atoms. The summed E-state index contributed by atoms with van der Waals surface area (Å²) in [5.41, 5.74) is 2.01. The lowest BCUT2D eigenvalue weighted by atomic mass is 10.1. The van der Waals surface area contributed by atoms with Crippen LogP contribution in [-0.4, -0.2) is 27.4 Å². The summed E-state index contributed by atoms with van der Waals surface area (Å²) in [5, 5.41) is 8.07. The van der Waals surface area contributed by atoms with Gasteiger partial charge < -0.3 is 14.6 Å². The number of amides is 1. The molecule has 0 unspecified atom stereocenters. The number of hydrogen-bond donors (Lipinski definition) is 1. The zero-order valence-electron chi connectivity index (χ0n) is 16.8. The average molecular weight is 402 g/mol. The molecule has 0 spiro atoms. The number of hydrogen-bond acceptors (Lipinski definition) is 4. The molecule has 0 aliphatic heterocycles. The Kier molecular flexibility index (Phi) is 5.34. The number of carbonyl (C=O) groups excluding carboxylic acids is 1. The number of aromatic nitrogens is 3. The Balaban J connectivity index is 1.66. The van der Waals surface area contributed by atoms with E-state index in [2.05, 4.69) is 10.4 Å². The van der Waals surface area contributed by atoms with E-state index in [1.807, 2.05) is 30.3 Å². The van der Waals surface area contributed by atoms with Gasteiger partial charge in [0.05, 0.1) is 24.6 Å². The molecule has 30 heavy (non-hydrogen) atoms. The van der Waals surface area contributed by atoms with Crippen molar-refractivity contribution in [2.45, 2.75) is 13.0 Å². The molecule has 0 atom stereocenters. The fraction of sp³-hybridized carbons (Fsp3) is 0.174. The van der Waals surface area contributed by atoms with Crippen molar-refractivity contribution in [1.29, 1.82) is 0 Å². The summed E-state index contributed by atoms with van der Waals surface area (Å²) >= 11 is 0. The molecule has 2 heterocycles. The van der Waals surface area contributed by atoms with Gasteiger partial charge in [0.15, 0.2) is 0 Å². The number of rotatable bonds is 6. The van der Waals surface area contributed by atoms with Gasteiger partial charge >= 0.3 is 0 Å². The van der Waals surface area contributed by atoms with Crippen molar-refractivity contribution in [3.8, 4) is 5.75 Å². The standard InChI is InChI=1S/C23H22N4O3/c1-26-14-17(13-24-26)25-22(28)21-15-27(23(29)20-6-4-3-5-19(20)21)12-11-16-7-9-18(30-2)10-8-16/h3-10,13-15H,11-12H2,1-2H3,(H,25,28). The maximum atomic E-state index is 13.0. The van der Waals surface area contributed by atoms with Crippen molar-refractivity contribution in [3.63, 3.8) is 0 Å². The van der Waals surface area contributed by atoms with E-state index in [4.69, 9.17) is 4.74 Å². The van der Waals surface area contributed by atoms with Crippen molar-refractivity contribution in [2.75, 3.05) is 12.4 Å². The molecule has 1 amide bonds. The van der Waals surface area contributed by atoms with Gasteiger partial charge in [0, 0.05) is 36.8 Å². The van der Waals surface area contributed by atoms with Gasteiger partial charge in [-0.15, -0.1) is 0 Å². The molecular weight excluding hydrogens is 380 g/mol. The molecule has 0 aliphatic carbocycles. The zero-order chi connectivity index (χ0) is 21.1. The van der Waals surface area contributed by atoms with Gasteiger partial charge in [0.1, 0.15) is 5.75 Å². The number of anilines is 1. The van der Waals surface area contributed by atoms with E-state index in [-0.39, 0.29) is 11.5 Å². The summed E-state index contributed by atoms with van der Waals surface area (Å²) in [5.74, 6) is 0.508. The topological polar surface area (TPSA) is 78.2 Å². The van der Waals surface area contributed by atoms with Gasteiger partial charge in [-0.1, -0.05) is 30.3 Å². The SMILES string of the molecule is COc1ccc(CCn2cc(C(=O)Nc3cnn(C)c3)c3ccccc3c2=O)cc1. The van der Waals surface area contributed by atoms with Crippen LogP contribution >= 0.6 is 0 Å². The van der Waals surface area contributed by atoms with Gasteiger partial charge in [0.2, 0.25) is 0 Å². The molecule has 2 aromatic heterocycles. The Morgan fingerprint density at radius 3 is 2.47 bits per heavy atom. The molecular formula is C23H22N4O3. The van der Waals surface area contributed by atoms with Crippen molar-refractivity contribution in [2.24, 2.45) is 7.05 Å². The van der Waals surface area contributed by atoms with Gasteiger partial charge in [-0.2, -0.15) is 5.10 Å². The molecule has 2 aromatic carbocycles. The molecule has 0 saturated heterocycles. The number of fused-ring (bicyclic) bond motifs is 1. The molecule has 4 aromatic rings. The Morgan fingerprint density at radius 2 is 1.80 bits per heavy atom. The smallest absolute Gasteiger partial charge is 0.258 e. The van der Waals surface area contributed by atoms with Crippen LogP contribution in [0.5, 0.6) is 5.75 Å². The zero-order valence-corrected chi connectivity index (χ0v) is 16.8. The quantitative estimate of drug-likeness (QED) is 0.537. The Hall–Kier alpha value is -3.87. The largest absolute Gasteiger partial charge is 0.497 e. The van der Waals surface area contributed by atoms with Gasteiger partial charge in [0.25, 0.3) is 11.5 Å². The molecule has 4 rings (SSSR count). The van der Waals surface area contributed by atoms with Crippen LogP contribution in [0.15, 0.2) is 71.9 Å². The molecule has 152 valence electrons. The number of carbonyl (C=O) groups is 1. The van der Waals surface area contributed by atoms with Crippen LogP contribution in [0.2, 0.25) is 0 Å². The predicted octanol–water partition coefficient (Wildman–Crippen LogP) is 3.24. The number of benzene rings is 2. The summed E-state index contributed by atoms with van der Waals surface area (Å²) in [7, 11) is 3.41. The third-order valence-corrected chi connectivity index (χ3v) is 5.00. The summed E-state index contributed by atoms with van der Waals surface area (Å²) in [4.78, 5) is 26.0. The minimum atomic E-state index is -0.280. The number of methoxy groups -OCH3 is 1. The van der Waals surface area contributed by atoms with Crippen LogP contribution < -0.4 is 15.6 Å². The van der Waals surface area contributed by atoms with E-state index in [0.29, 0.717) is 35.0 Å². The van der Waals surface area contributed by atoms with E-state index in [1.165, 1.54) is 0 Å². The van der Waals surface area contributed by atoms with Crippen molar-refractivity contribution < 1.29 is 9.53 Å². The first-order chi connectivity index (χ1) is 14.5. The van der Waals surface area contributed by atoms with Crippen LogP contribution in [0.3, 0.4) is 0 Å². The predicted molar refractivity (Wildman–Crippen MR) is 116 cm³/mol. The second kappa shape index (κ2) is 8.24. The first-order valence-corrected chi connectivity index (χ1v) is 9.60. The Bertz CT molecular complexity index is 1260. The average Bonchev–Trinajstić information content (AvgIpc) is 3.18. The van der Waals surface area contributed by atoms with Crippen LogP contribution in [0.1, 0.15) is 15.9 Å². The summed E-state index contributed by atoms with van der Waals surface area (Å²) < 4.78 is 8.40. The molecule has 0 aliphatic rings. The van der Waals surface area contributed by atoms with E-state index < -0.39 is 0 Å². The third-order valence-electron chi connectivity index (χ3n) is 5.00. The highest BCUT2D eigenvalue weighted by Gasteiger charge is 2.15. The minimum absolute atomic E-state index is 0.114. The monoisotopic (exact) mass is 402 g/mol. The molecule has 7 heteroatoms. The maximum Gasteiger partial charge on any atom is 0.258 e. The lowest BCUT2D eigenvalue weighted by Gasteiger charge is -2.12. The fourth-order valence-electron chi connectivity index (χ4n) is 3.42. The lowest BCUT2D eigenvalue weighted by Crippen LogP contribution is -2.24. The fourth-order valence-corrected chi connectivity index (χ4v) is 3.42. The van der Waals surface area contributed by atoms with Crippen LogP contribution in [0.4, 0.5) is 5.69 Å². The first kappa shape index (κ1) is 19.4. The van der Waals surface area contributed by atoms with Crippen molar-refractivity contribution >= 4 is 22.4 Å². The minimum Gasteiger partial charge on any atom is -0.497 e. The van der Waals surface area contributed by atoms with Gasteiger partial charge in [-0.3, -0.25) is 14.3 Å². The molecule has 7 nitrogen and oxygen atoms in total. The summed E-state index contributed by atoms with van der Waals surface area (Å²) in [6.45, 7) is 0.461. The summed E-state index contributed by atoms with van der Waals surface area (Å²) in [6, 6.07) is 14.9. The maximum absolute atomic E-state index is 13.0. The highest BCUT2D eigenvalue weighted by Crippen LogP contribution is 2.18. The van der Waals surface area contributed by atoms with Crippen LogP contribution in [0.25, 0.3) is 10.8 Å². The highest BCUT2D eigenvalue weighted by atomic mass is 16.5. The van der Waals surface area contributed by atoms with E-state index in [9.17, 15) is 9.59 Å². The van der Waals surface area contributed by atoms with Crippen LogP contribution in [-0.2, 0) is 20.0 Å². The lowest BCUT2D eigenvalue weighted by molar-refractivity contribution is 0.102. The molecule has 0 radical (unpaired) electrons.